The topological polar surface area (TPSA) is 138 Å². The van der Waals surface area contributed by atoms with Gasteiger partial charge in [-0.1, -0.05) is 42.5 Å². The van der Waals surface area contributed by atoms with Crippen LogP contribution >= 0.6 is 0 Å². The monoisotopic (exact) mass is 491 g/mol. The number of nitrogen functional groups attached to an aromatic ring is 1. The number of ether oxygens (including phenoxy) is 3. The minimum Gasteiger partial charge on any atom is -0.497 e. The van der Waals surface area contributed by atoms with Gasteiger partial charge in [0.15, 0.2) is 11.5 Å². The third-order valence-corrected chi connectivity index (χ3v) is 6.63. The summed E-state index contributed by atoms with van der Waals surface area (Å²) >= 11 is 0. The fourth-order valence-corrected chi connectivity index (χ4v) is 4.73. The molecule has 1 aliphatic carbocycles. The van der Waals surface area contributed by atoms with Gasteiger partial charge in [-0.15, -0.1) is 0 Å². The summed E-state index contributed by atoms with van der Waals surface area (Å²) in [5.74, 6) is 0.481. The van der Waals surface area contributed by atoms with Gasteiger partial charge in [0.2, 0.25) is 0 Å². The van der Waals surface area contributed by atoms with Crippen LogP contribution in [0.1, 0.15) is 17.2 Å². The molecule has 4 N–H and O–H groups in total. The van der Waals surface area contributed by atoms with Crippen molar-refractivity contribution in [2.75, 3.05) is 19.5 Å². The molecule has 0 radical (unpaired) electrons. The van der Waals surface area contributed by atoms with Gasteiger partial charge in [0, 0.05) is 5.92 Å². The maximum Gasteiger partial charge on any atom is 0.165 e. The van der Waals surface area contributed by atoms with Gasteiger partial charge in [-0.25, -0.2) is 15.0 Å². The van der Waals surface area contributed by atoms with Crippen molar-refractivity contribution in [1.82, 2.24) is 19.5 Å². The molecular weight excluding hydrogens is 462 g/mol. The molecule has 36 heavy (non-hydrogen) atoms. The van der Waals surface area contributed by atoms with E-state index in [1.807, 2.05) is 54.6 Å². The Hall–Kier alpha value is -3.57. The summed E-state index contributed by atoms with van der Waals surface area (Å²) in [6.45, 7) is 0.828. The van der Waals surface area contributed by atoms with Crippen molar-refractivity contribution in [2.24, 2.45) is 5.92 Å². The Morgan fingerprint density at radius 3 is 2.42 bits per heavy atom. The maximum atomic E-state index is 11.4. The molecule has 0 amide bonds. The summed E-state index contributed by atoms with van der Waals surface area (Å²) in [4.78, 5) is 12.6. The van der Waals surface area contributed by atoms with Crippen LogP contribution in [-0.2, 0) is 22.7 Å². The largest absolute Gasteiger partial charge is 0.497 e. The zero-order valence-electron chi connectivity index (χ0n) is 19.8. The van der Waals surface area contributed by atoms with Gasteiger partial charge < -0.3 is 34.7 Å². The smallest absolute Gasteiger partial charge is 0.165 e. The lowest BCUT2D eigenvalue weighted by atomic mass is 10.0. The molecule has 5 rings (SSSR count). The van der Waals surface area contributed by atoms with E-state index in [1.165, 1.54) is 12.7 Å². The van der Waals surface area contributed by atoms with E-state index in [-0.39, 0.29) is 19.0 Å². The predicted molar refractivity (Wildman–Crippen MR) is 132 cm³/mol. The third-order valence-electron chi connectivity index (χ3n) is 6.63. The average Bonchev–Trinajstić information content (AvgIpc) is 3.42. The Balaban J connectivity index is 1.38. The number of hydrogen-bond donors (Lipinski definition) is 3. The minimum atomic E-state index is -1.04. The first kappa shape index (κ1) is 24.1. The molecule has 4 aromatic rings. The van der Waals surface area contributed by atoms with Crippen LogP contribution in [0.15, 0.2) is 67.3 Å². The fourth-order valence-electron chi connectivity index (χ4n) is 4.73. The quantitative estimate of drug-likeness (QED) is 0.321. The normalized spacial score (nSPS) is 23.8. The van der Waals surface area contributed by atoms with Crippen molar-refractivity contribution < 1.29 is 24.4 Å². The fraction of sp³-hybridized carbons (Fsp3) is 0.346. The molecule has 0 aliphatic heterocycles. The molecule has 0 bridgehead atoms. The number of nitrogens with zero attached hydrogens (tertiary/aromatic N) is 4. The van der Waals surface area contributed by atoms with Gasteiger partial charge in [-0.3, -0.25) is 0 Å². The van der Waals surface area contributed by atoms with Crippen molar-refractivity contribution >= 4 is 17.0 Å². The number of benzene rings is 2. The number of imidazole rings is 1. The van der Waals surface area contributed by atoms with Crippen LogP contribution < -0.4 is 10.5 Å². The lowest BCUT2D eigenvalue weighted by molar-refractivity contribution is -0.0775. The molecular formula is C26H29N5O5. The van der Waals surface area contributed by atoms with Crippen LogP contribution in [-0.4, -0.2) is 61.8 Å². The molecule has 188 valence electrons. The number of nitrogens with two attached hydrogens (primary N) is 1. The second-order valence-corrected chi connectivity index (χ2v) is 8.84. The molecule has 0 spiro atoms. The van der Waals surface area contributed by atoms with Gasteiger partial charge in [-0.05, 0) is 23.3 Å². The summed E-state index contributed by atoms with van der Waals surface area (Å²) in [6, 6.07) is 16.5. The maximum absolute atomic E-state index is 11.4. The molecule has 0 saturated heterocycles. The number of aliphatic hydroxyl groups is 2. The Kier molecular flexibility index (Phi) is 7.10. The number of hydrogen-bond acceptors (Lipinski definition) is 9. The van der Waals surface area contributed by atoms with Crippen molar-refractivity contribution in [1.29, 1.82) is 0 Å². The first-order chi connectivity index (χ1) is 17.6. The zero-order chi connectivity index (χ0) is 25.1. The second kappa shape index (κ2) is 10.6. The van der Waals surface area contributed by atoms with E-state index in [1.54, 1.807) is 11.7 Å². The Morgan fingerprint density at radius 1 is 0.917 bits per heavy atom. The highest BCUT2D eigenvalue weighted by Gasteiger charge is 2.51. The Labute approximate surface area is 208 Å². The number of aliphatic hydroxyl groups excluding tert-OH is 2. The highest BCUT2D eigenvalue weighted by atomic mass is 16.5. The highest BCUT2D eigenvalue weighted by Crippen LogP contribution is 2.40. The van der Waals surface area contributed by atoms with E-state index >= 15 is 0 Å². The highest BCUT2D eigenvalue weighted by molar-refractivity contribution is 5.81. The Morgan fingerprint density at radius 2 is 1.67 bits per heavy atom. The standard InChI is InChI=1S/C26H29N5O5/c1-34-18-9-7-17(8-10-18)12-36-24-19(13-35-11-16-5-3-2-4-6-16)22(32)21(23(24)33)31-15-30-20-25(27)28-14-29-26(20)31/h2-10,14-15,19,21-24,32-33H,11-13H2,1H3,(H2,27,28,29)/t19-,21+,22-,23-,24+/m0/s1. The van der Waals surface area contributed by atoms with Crippen LogP contribution in [0, 0.1) is 5.92 Å². The van der Waals surface area contributed by atoms with E-state index in [0.29, 0.717) is 17.8 Å². The van der Waals surface area contributed by atoms with Gasteiger partial charge in [0.1, 0.15) is 23.7 Å². The number of rotatable bonds is 9. The minimum absolute atomic E-state index is 0.195. The Bertz CT molecular complexity index is 1280. The summed E-state index contributed by atoms with van der Waals surface area (Å²) in [5.41, 5.74) is 8.72. The summed E-state index contributed by atoms with van der Waals surface area (Å²) in [7, 11) is 1.61. The number of aromatic nitrogens is 4. The summed E-state index contributed by atoms with van der Waals surface area (Å²) in [5, 5.41) is 22.8. The molecule has 2 aromatic heterocycles. The SMILES string of the molecule is COc1ccc(CO[C@H]2[C@@H](O)[C@H](n3cnc4c(N)ncnc43)[C@@H](O)[C@@H]2COCc2ccccc2)cc1. The molecule has 1 fully saturated rings. The molecule has 1 saturated carbocycles. The lowest BCUT2D eigenvalue weighted by Gasteiger charge is -2.23. The van der Waals surface area contributed by atoms with Gasteiger partial charge in [0.25, 0.3) is 0 Å². The van der Waals surface area contributed by atoms with E-state index in [4.69, 9.17) is 19.9 Å². The van der Waals surface area contributed by atoms with Crippen molar-refractivity contribution in [3.63, 3.8) is 0 Å². The third kappa shape index (κ3) is 4.76. The number of fused-ring (bicyclic) bond motifs is 1. The summed E-state index contributed by atoms with van der Waals surface area (Å²) in [6.07, 6.45) is 0.129. The first-order valence-corrected chi connectivity index (χ1v) is 11.7. The molecule has 10 heteroatoms. The van der Waals surface area contributed by atoms with Gasteiger partial charge >= 0.3 is 0 Å². The predicted octanol–water partition coefficient (Wildman–Crippen LogP) is 2.11. The molecule has 5 atom stereocenters. The van der Waals surface area contributed by atoms with Gasteiger partial charge in [0.05, 0.1) is 51.5 Å². The molecule has 0 unspecified atom stereocenters. The van der Waals surface area contributed by atoms with E-state index < -0.39 is 30.3 Å². The lowest BCUT2D eigenvalue weighted by Crippen LogP contribution is -2.34. The van der Waals surface area contributed by atoms with E-state index in [2.05, 4.69) is 15.0 Å². The van der Waals surface area contributed by atoms with Crippen LogP contribution in [0.3, 0.4) is 0 Å². The van der Waals surface area contributed by atoms with Crippen molar-refractivity contribution in [3.05, 3.63) is 78.4 Å². The van der Waals surface area contributed by atoms with Crippen LogP contribution in [0.2, 0.25) is 0 Å². The van der Waals surface area contributed by atoms with Crippen molar-refractivity contribution in [2.45, 2.75) is 37.6 Å². The van der Waals surface area contributed by atoms with E-state index in [9.17, 15) is 10.2 Å². The zero-order valence-corrected chi connectivity index (χ0v) is 19.8. The first-order valence-electron chi connectivity index (χ1n) is 11.7. The number of methoxy groups -OCH3 is 1. The van der Waals surface area contributed by atoms with Crippen LogP contribution in [0.5, 0.6) is 5.75 Å². The second-order valence-electron chi connectivity index (χ2n) is 8.84. The van der Waals surface area contributed by atoms with Gasteiger partial charge in [-0.2, -0.15) is 0 Å². The van der Waals surface area contributed by atoms with Crippen LogP contribution in [0.4, 0.5) is 5.82 Å². The van der Waals surface area contributed by atoms with Crippen molar-refractivity contribution in [3.8, 4) is 5.75 Å². The van der Waals surface area contributed by atoms with E-state index in [0.717, 1.165) is 16.9 Å². The molecule has 2 aromatic carbocycles. The molecule has 1 aliphatic rings. The average molecular weight is 492 g/mol. The van der Waals surface area contributed by atoms with Crippen LogP contribution in [0.25, 0.3) is 11.2 Å². The molecule has 10 nitrogen and oxygen atoms in total. The summed E-state index contributed by atoms with van der Waals surface area (Å²) < 4.78 is 19.0. The number of anilines is 1. The molecule has 2 heterocycles.